The molecule has 1 aromatic rings. The van der Waals surface area contributed by atoms with Crippen molar-refractivity contribution in [3.63, 3.8) is 0 Å². The number of methoxy groups -OCH3 is 1. The summed E-state index contributed by atoms with van der Waals surface area (Å²) in [5, 5.41) is 1.24. The molecule has 0 aliphatic heterocycles. The van der Waals surface area contributed by atoms with E-state index in [9.17, 15) is 0 Å². The molecule has 0 saturated heterocycles. The van der Waals surface area contributed by atoms with Crippen LogP contribution in [0.1, 0.15) is 0 Å². The lowest BCUT2D eigenvalue weighted by Gasteiger charge is -2.13. The van der Waals surface area contributed by atoms with Crippen molar-refractivity contribution in [1.82, 2.24) is 0 Å². The molecule has 1 nitrogen and oxygen atoms in total. The van der Waals surface area contributed by atoms with Crippen LogP contribution in [-0.2, 0) is 0 Å². The van der Waals surface area contributed by atoms with Gasteiger partial charge in [0.2, 0.25) is 0 Å². The molecule has 0 bridgehead atoms. The Kier molecular flexibility index (Phi) is 2.80. The summed E-state index contributed by atoms with van der Waals surface area (Å²) < 4.78 is 5.05. The van der Waals surface area contributed by atoms with Gasteiger partial charge in [0.15, 0.2) is 7.38 Å². The molecule has 0 amide bonds. The van der Waals surface area contributed by atoms with Crippen molar-refractivity contribution in [3.8, 4) is 5.75 Å². The van der Waals surface area contributed by atoms with Gasteiger partial charge in [-0.2, -0.15) is 11.1 Å². The van der Waals surface area contributed by atoms with Crippen LogP contribution in [0.5, 0.6) is 5.75 Å². The first-order valence-corrected chi connectivity index (χ1v) is 7.88. The van der Waals surface area contributed by atoms with Crippen molar-refractivity contribution in [3.05, 3.63) is 24.3 Å². The molecule has 1 rings (SSSR count). The van der Waals surface area contributed by atoms with Gasteiger partial charge in [0.05, 0.1) is 7.11 Å². The molecule has 0 saturated carbocycles. The molecule has 66 valence electrons. The number of ether oxygens (including phenoxy) is 1. The molecule has 0 heterocycles. The number of hydrogen-bond donors (Lipinski definition) is 0. The molecular formula is C9H13ClOSi. The fourth-order valence-electron chi connectivity index (χ4n) is 0.987. The molecule has 0 spiro atoms. The lowest BCUT2D eigenvalue weighted by Crippen LogP contribution is -2.34. The van der Waals surface area contributed by atoms with Gasteiger partial charge in [-0.15, -0.1) is 0 Å². The number of rotatable bonds is 2. The summed E-state index contributed by atoms with van der Waals surface area (Å²) in [5.41, 5.74) is 0. The van der Waals surface area contributed by atoms with Gasteiger partial charge in [0.1, 0.15) is 5.75 Å². The fraction of sp³-hybridized carbons (Fsp3) is 0.333. The third kappa shape index (κ3) is 2.25. The average Bonchev–Trinajstić information content (AvgIpc) is 2.03. The van der Waals surface area contributed by atoms with E-state index >= 15 is 0 Å². The molecule has 0 atom stereocenters. The van der Waals surface area contributed by atoms with Crippen LogP contribution in [0.15, 0.2) is 24.3 Å². The van der Waals surface area contributed by atoms with Gasteiger partial charge < -0.3 is 4.74 Å². The highest BCUT2D eigenvalue weighted by molar-refractivity contribution is 7.26. The van der Waals surface area contributed by atoms with E-state index in [1.54, 1.807) is 7.11 Å². The van der Waals surface area contributed by atoms with Crippen LogP contribution in [0, 0.1) is 0 Å². The smallest absolute Gasteiger partial charge is 0.180 e. The minimum atomic E-state index is -1.65. The normalized spacial score (nSPS) is 11.3. The van der Waals surface area contributed by atoms with Crippen molar-refractivity contribution < 1.29 is 4.74 Å². The summed E-state index contributed by atoms with van der Waals surface area (Å²) in [4.78, 5) is 0. The Morgan fingerprint density at radius 1 is 1.17 bits per heavy atom. The molecule has 0 unspecified atom stereocenters. The second kappa shape index (κ2) is 3.50. The third-order valence-corrected chi connectivity index (χ3v) is 4.14. The lowest BCUT2D eigenvalue weighted by atomic mass is 10.3. The summed E-state index contributed by atoms with van der Waals surface area (Å²) in [7, 11) is 0.0126. The minimum absolute atomic E-state index is 0.883. The van der Waals surface area contributed by atoms with Crippen molar-refractivity contribution in [2.75, 3.05) is 7.11 Å². The largest absolute Gasteiger partial charge is 0.497 e. The summed E-state index contributed by atoms with van der Waals surface area (Å²) in [6, 6.07) is 7.98. The fourth-order valence-corrected chi connectivity index (χ4v) is 2.32. The molecule has 0 radical (unpaired) electrons. The minimum Gasteiger partial charge on any atom is -0.497 e. The molecule has 12 heavy (non-hydrogen) atoms. The maximum atomic E-state index is 6.25. The van der Waals surface area contributed by atoms with Crippen LogP contribution in [-0.4, -0.2) is 14.5 Å². The number of benzene rings is 1. The Balaban J connectivity index is 2.93. The van der Waals surface area contributed by atoms with Crippen molar-refractivity contribution in [2.45, 2.75) is 13.1 Å². The monoisotopic (exact) mass is 200 g/mol. The average molecular weight is 201 g/mol. The maximum Gasteiger partial charge on any atom is 0.180 e. The molecule has 0 N–H and O–H groups in total. The molecule has 0 fully saturated rings. The van der Waals surface area contributed by atoms with Gasteiger partial charge in [-0.25, -0.2) is 0 Å². The summed E-state index contributed by atoms with van der Waals surface area (Å²) in [6.45, 7) is 4.22. The van der Waals surface area contributed by atoms with Crippen molar-refractivity contribution >= 4 is 23.6 Å². The summed E-state index contributed by atoms with van der Waals surface area (Å²) in [5.74, 6) is 0.883. The first kappa shape index (κ1) is 9.61. The topological polar surface area (TPSA) is 9.23 Å². The molecule has 1 aromatic carbocycles. The van der Waals surface area contributed by atoms with E-state index < -0.39 is 7.38 Å². The van der Waals surface area contributed by atoms with Gasteiger partial charge in [0, 0.05) is 0 Å². The SMILES string of the molecule is COc1ccc([Si](C)(C)Cl)cc1. The van der Waals surface area contributed by atoms with Gasteiger partial charge >= 0.3 is 0 Å². The van der Waals surface area contributed by atoms with Crippen LogP contribution < -0.4 is 9.92 Å². The molecule has 0 aliphatic rings. The molecule has 3 heteroatoms. The van der Waals surface area contributed by atoms with Crippen molar-refractivity contribution in [2.24, 2.45) is 0 Å². The predicted molar refractivity (Wildman–Crippen MR) is 56.0 cm³/mol. The number of hydrogen-bond acceptors (Lipinski definition) is 1. The Hall–Kier alpha value is -0.473. The standard InChI is InChI=1S/C9H13ClOSi/c1-11-8-4-6-9(7-5-8)12(2,3)10/h4-7H,1-3H3. The van der Waals surface area contributed by atoms with E-state index in [0.717, 1.165) is 5.75 Å². The third-order valence-electron chi connectivity index (χ3n) is 1.78. The molecular weight excluding hydrogens is 188 g/mol. The second-order valence-corrected chi connectivity index (χ2v) is 9.56. The lowest BCUT2D eigenvalue weighted by molar-refractivity contribution is 0.415. The Labute approximate surface area is 79.0 Å². The van der Waals surface area contributed by atoms with Gasteiger partial charge in [-0.1, -0.05) is 25.2 Å². The highest BCUT2D eigenvalue weighted by Crippen LogP contribution is 2.12. The van der Waals surface area contributed by atoms with E-state index in [2.05, 4.69) is 13.1 Å². The van der Waals surface area contributed by atoms with Crippen LogP contribution >= 0.6 is 11.1 Å². The van der Waals surface area contributed by atoms with Crippen LogP contribution in [0.2, 0.25) is 13.1 Å². The van der Waals surface area contributed by atoms with E-state index in [-0.39, 0.29) is 0 Å². The van der Waals surface area contributed by atoms with E-state index in [1.807, 2.05) is 24.3 Å². The zero-order chi connectivity index (χ0) is 9.19. The Bertz CT molecular complexity index is 250. The van der Waals surface area contributed by atoms with Crippen molar-refractivity contribution in [1.29, 1.82) is 0 Å². The van der Waals surface area contributed by atoms with Gasteiger partial charge in [0.25, 0.3) is 0 Å². The highest BCUT2D eigenvalue weighted by Gasteiger charge is 2.19. The Morgan fingerprint density at radius 2 is 1.67 bits per heavy atom. The predicted octanol–water partition coefficient (Wildman–Crippen LogP) is 2.35. The van der Waals surface area contributed by atoms with Crippen LogP contribution in [0.25, 0.3) is 0 Å². The first-order valence-electron chi connectivity index (χ1n) is 3.87. The molecule has 0 aromatic heterocycles. The second-order valence-electron chi connectivity index (χ2n) is 3.20. The molecule has 0 aliphatic carbocycles. The highest BCUT2D eigenvalue weighted by atomic mass is 35.6. The van der Waals surface area contributed by atoms with Gasteiger partial charge in [-0.05, 0) is 17.3 Å². The van der Waals surface area contributed by atoms with Gasteiger partial charge in [-0.3, -0.25) is 0 Å². The Morgan fingerprint density at radius 3 is 2.00 bits per heavy atom. The van der Waals surface area contributed by atoms with E-state index in [4.69, 9.17) is 15.8 Å². The van der Waals surface area contributed by atoms with E-state index in [0.29, 0.717) is 0 Å². The summed E-state index contributed by atoms with van der Waals surface area (Å²) >= 11 is 6.25. The van der Waals surface area contributed by atoms with Crippen LogP contribution in [0.4, 0.5) is 0 Å². The van der Waals surface area contributed by atoms with E-state index in [1.165, 1.54) is 5.19 Å². The number of halogens is 1. The maximum absolute atomic E-state index is 6.25. The first-order chi connectivity index (χ1) is 5.54. The zero-order valence-corrected chi connectivity index (χ0v) is 9.35. The zero-order valence-electron chi connectivity index (χ0n) is 7.60. The quantitative estimate of drug-likeness (QED) is 0.526. The van der Waals surface area contributed by atoms with Crippen LogP contribution in [0.3, 0.4) is 0 Å². The summed E-state index contributed by atoms with van der Waals surface area (Å²) in [6.07, 6.45) is 0.